The van der Waals surface area contributed by atoms with Crippen LogP contribution in [-0.2, 0) is 13.1 Å². The van der Waals surface area contributed by atoms with Gasteiger partial charge in [0.25, 0.3) is 0 Å². The molecule has 9 heteroatoms. The number of benzene rings is 2. The molecule has 0 saturated carbocycles. The largest absolute Gasteiger partial charge is 0.356 e. The van der Waals surface area contributed by atoms with Crippen molar-refractivity contribution in [2.75, 3.05) is 11.4 Å². The van der Waals surface area contributed by atoms with Crippen molar-refractivity contribution in [2.45, 2.75) is 25.9 Å². The Bertz CT molecular complexity index is 1220. The molecule has 31 heavy (non-hydrogen) atoms. The van der Waals surface area contributed by atoms with E-state index in [9.17, 15) is 8.78 Å². The fraction of sp³-hybridized carbons (Fsp3) is 0.227. The maximum atomic E-state index is 13.7. The summed E-state index contributed by atoms with van der Waals surface area (Å²) in [6.45, 7) is 1.90. The van der Waals surface area contributed by atoms with Gasteiger partial charge in [-0.15, -0.1) is 10.2 Å². The molecule has 6 nitrogen and oxygen atoms in total. The molecular weight excluding hydrogens is 424 g/mol. The van der Waals surface area contributed by atoms with E-state index in [-0.39, 0.29) is 0 Å². The minimum Gasteiger partial charge on any atom is -0.356 e. The van der Waals surface area contributed by atoms with Gasteiger partial charge in [0.15, 0.2) is 11.6 Å². The van der Waals surface area contributed by atoms with Crippen molar-refractivity contribution in [2.24, 2.45) is 0 Å². The topological polar surface area (TPSA) is 60.0 Å². The lowest BCUT2D eigenvalue weighted by Gasteiger charge is -2.20. The second-order valence-electron chi connectivity index (χ2n) is 7.45. The molecule has 0 fully saturated rings. The van der Waals surface area contributed by atoms with Crippen LogP contribution in [0.3, 0.4) is 0 Å². The van der Waals surface area contributed by atoms with Crippen molar-refractivity contribution in [1.29, 1.82) is 0 Å². The Hall–Kier alpha value is -3.26. The molecule has 0 N–H and O–H groups in total. The van der Waals surface area contributed by atoms with Crippen LogP contribution >= 0.6 is 11.6 Å². The zero-order chi connectivity index (χ0) is 21.4. The fourth-order valence-corrected chi connectivity index (χ4v) is 4.00. The molecule has 3 heterocycles. The number of aromatic nitrogens is 4. The first kappa shape index (κ1) is 19.7. The van der Waals surface area contributed by atoms with E-state index in [4.69, 9.17) is 16.1 Å². The Balaban J connectivity index is 1.44. The van der Waals surface area contributed by atoms with Gasteiger partial charge in [-0.2, -0.15) is 0 Å². The summed E-state index contributed by atoms with van der Waals surface area (Å²) >= 11 is 6.07. The smallest absolute Gasteiger partial charge is 0.227 e. The van der Waals surface area contributed by atoms with E-state index in [2.05, 4.69) is 20.3 Å². The van der Waals surface area contributed by atoms with Gasteiger partial charge in [-0.1, -0.05) is 28.9 Å². The highest BCUT2D eigenvalue weighted by Crippen LogP contribution is 2.29. The fourth-order valence-electron chi connectivity index (χ4n) is 3.81. The molecule has 0 amide bonds. The van der Waals surface area contributed by atoms with Crippen LogP contribution in [0.2, 0.25) is 5.02 Å². The number of hydrogen-bond donors (Lipinski definition) is 0. The molecule has 2 aromatic carbocycles. The van der Waals surface area contributed by atoms with Gasteiger partial charge in [0.1, 0.15) is 17.3 Å². The second-order valence-corrected chi connectivity index (χ2v) is 7.89. The lowest BCUT2D eigenvalue weighted by molar-refractivity contribution is 0.422. The monoisotopic (exact) mass is 441 g/mol. The number of nitrogens with zero attached hydrogens (tertiary/aromatic N) is 5. The quantitative estimate of drug-likeness (QED) is 0.428. The third-order valence-corrected chi connectivity index (χ3v) is 5.45. The first-order valence-electron chi connectivity index (χ1n) is 9.93. The minimum atomic E-state index is -0.644. The van der Waals surface area contributed by atoms with E-state index in [1.807, 2.05) is 28.8 Å². The normalized spacial score (nSPS) is 13.8. The molecule has 0 spiro atoms. The first-order valence-corrected chi connectivity index (χ1v) is 10.3. The highest BCUT2D eigenvalue weighted by molar-refractivity contribution is 6.30. The molecule has 0 bridgehead atoms. The van der Waals surface area contributed by atoms with Gasteiger partial charge in [0, 0.05) is 41.4 Å². The van der Waals surface area contributed by atoms with Gasteiger partial charge in [-0.05, 0) is 37.1 Å². The number of fused-ring (bicyclic) bond motifs is 1. The van der Waals surface area contributed by atoms with Gasteiger partial charge in [-0.25, -0.2) is 8.78 Å². The third-order valence-electron chi connectivity index (χ3n) is 5.22. The SMILES string of the molecule is Fc1cc(F)cc(-c2nnc3n2CCCCN3Cc2cc(-c3cccc(Cl)c3)on2)c1. The minimum absolute atomic E-state index is 0.364. The highest BCUT2D eigenvalue weighted by Gasteiger charge is 2.23. The second kappa shape index (κ2) is 8.11. The Morgan fingerprint density at radius 3 is 2.55 bits per heavy atom. The molecule has 158 valence electrons. The van der Waals surface area contributed by atoms with Crippen LogP contribution in [0, 0.1) is 11.6 Å². The lowest BCUT2D eigenvalue weighted by Crippen LogP contribution is -2.25. The Morgan fingerprint density at radius 2 is 1.74 bits per heavy atom. The molecule has 1 aliphatic heterocycles. The van der Waals surface area contributed by atoms with Crippen molar-refractivity contribution in [3.05, 3.63) is 70.9 Å². The van der Waals surface area contributed by atoms with E-state index in [0.29, 0.717) is 41.2 Å². The van der Waals surface area contributed by atoms with Gasteiger partial charge < -0.3 is 9.42 Å². The molecule has 0 radical (unpaired) electrons. The molecule has 0 aliphatic carbocycles. The van der Waals surface area contributed by atoms with Gasteiger partial charge in [0.05, 0.1) is 6.54 Å². The Morgan fingerprint density at radius 1 is 0.935 bits per heavy atom. The van der Waals surface area contributed by atoms with Crippen LogP contribution in [0.5, 0.6) is 0 Å². The van der Waals surface area contributed by atoms with Crippen molar-refractivity contribution in [1.82, 2.24) is 19.9 Å². The average Bonchev–Trinajstić information content (AvgIpc) is 3.32. The van der Waals surface area contributed by atoms with Crippen LogP contribution in [0.1, 0.15) is 18.5 Å². The van der Waals surface area contributed by atoms with E-state index < -0.39 is 11.6 Å². The molecule has 0 atom stereocenters. The van der Waals surface area contributed by atoms with Gasteiger partial charge in [-0.3, -0.25) is 4.57 Å². The zero-order valence-electron chi connectivity index (χ0n) is 16.4. The van der Waals surface area contributed by atoms with Crippen molar-refractivity contribution < 1.29 is 13.3 Å². The molecule has 2 aromatic heterocycles. The number of rotatable bonds is 4. The van der Waals surface area contributed by atoms with Gasteiger partial charge in [0.2, 0.25) is 5.95 Å². The summed E-state index contributed by atoms with van der Waals surface area (Å²) in [5, 5.41) is 13.4. The molecule has 4 aromatic rings. The highest BCUT2D eigenvalue weighted by atomic mass is 35.5. The Kier molecular flexibility index (Phi) is 5.15. The van der Waals surface area contributed by atoms with E-state index in [0.717, 1.165) is 36.7 Å². The molecule has 0 unspecified atom stereocenters. The van der Waals surface area contributed by atoms with Crippen molar-refractivity contribution in [3.63, 3.8) is 0 Å². The van der Waals surface area contributed by atoms with Crippen LogP contribution in [0.4, 0.5) is 14.7 Å². The summed E-state index contributed by atoms with van der Waals surface area (Å²) < 4.78 is 34.9. The van der Waals surface area contributed by atoms with E-state index in [1.54, 1.807) is 6.07 Å². The molecular formula is C22H18ClF2N5O. The summed E-state index contributed by atoms with van der Waals surface area (Å²) in [5.74, 6) is 0.428. The number of halogens is 3. The maximum Gasteiger partial charge on any atom is 0.227 e. The predicted molar refractivity (Wildman–Crippen MR) is 113 cm³/mol. The van der Waals surface area contributed by atoms with Crippen LogP contribution in [0.15, 0.2) is 53.1 Å². The van der Waals surface area contributed by atoms with Gasteiger partial charge >= 0.3 is 0 Å². The summed E-state index contributed by atoms with van der Waals surface area (Å²) in [5.41, 5.74) is 1.95. The number of hydrogen-bond acceptors (Lipinski definition) is 5. The standard InChI is InChI=1S/C22H18ClF2N5O/c23-16-5-3-4-14(8-16)20-12-19(28-31-20)13-29-6-1-2-7-30-21(26-27-22(29)30)15-9-17(24)11-18(25)10-15/h3-5,8-12H,1-2,6-7,13H2. The van der Waals surface area contributed by atoms with Crippen LogP contribution in [0.25, 0.3) is 22.7 Å². The third kappa shape index (κ3) is 4.03. The average molecular weight is 442 g/mol. The van der Waals surface area contributed by atoms with Crippen molar-refractivity contribution in [3.8, 4) is 22.7 Å². The summed E-state index contributed by atoms with van der Waals surface area (Å²) in [6, 6.07) is 12.6. The van der Waals surface area contributed by atoms with Crippen LogP contribution < -0.4 is 4.90 Å². The van der Waals surface area contributed by atoms with Crippen LogP contribution in [-0.4, -0.2) is 26.5 Å². The molecule has 5 rings (SSSR count). The summed E-state index contributed by atoms with van der Waals surface area (Å²) in [4.78, 5) is 2.05. The zero-order valence-corrected chi connectivity index (χ0v) is 17.2. The van der Waals surface area contributed by atoms with Crippen molar-refractivity contribution >= 4 is 17.5 Å². The molecule has 0 saturated heterocycles. The predicted octanol–water partition coefficient (Wildman–Crippen LogP) is 5.33. The summed E-state index contributed by atoms with van der Waals surface area (Å²) in [6.07, 6.45) is 1.85. The maximum absolute atomic E-state index is 13.7. The molecule has 1 aliphatic rings. The lowest BCUT2D eigenvalue weighted by atomic mass is 10.1. The first-order chi connectivity index (χ1) is 15.1. The Labute approximate surface area is 182 Å². The van der Waals surface area contributed by atoms with E-state index in [1.165, 1.54) is 12.1 Å². The summed E-state index contributed by atoms with van der Waals surface area (Å²) in [7, 11) is 0. The van der Waals surface area contributed by atoms with E-state index >= 15 is 0 Å². The number of anilines is 1.